The van der Waals surface area contributed by atoms with E-state index >= 15 is 0 Å². The third-order valence-electron chi connectivity index (χ3n) is 1.03. The monoisotopic (exact) mass is 194 g/mol. The number of para-hydroxylation sites is 1. The van der Waals surface area contributed by atoms with Crippen molar-refractivity contribution in [2.24, 2.45) is 0 Å². The average molecular weight is 194 g/mol. The van der Waals surface area contributed by atoms with E-state index in [1.165, 1.54) is 12.1 Å². The second-order valence-corrected chi connectivity index (χ2v) is 2.86. The largest absolute Gasteiger partial charge is 0.488 e. The first kappa shape index (κ1) is 8.92. The molecule has 3 nitrogen and oxygen atoms in total. The van der Waals surface area contributed by atoms with Gasteiger partial charge < -0.3 is 4.18 Å². The van der Waals surface area contributed by atoms with Gasteiger partial charge in [0.1, 0.15) is 0 Å². The molecule has 0 spiro atoms. The van der Waals surface area contributed by atoms with Gasteiger partial charge in [-0.1, -0.05) is 16.0 Å². The lowest BCUT2D eigenvalue weighted by Gasteiger charge is -1.99. The number of benzene rings is 1. The third kappa shape index (κ3) is 2.46. The van der Waals surface area contributed by atoms with Crippen LogP contribution >= 0.6 is 0 Å². The molecule has 0 saturated carbocycles. The van der Waals surface area contributed by atoms with E-state index in [1.807, 2.05) is 0 Å². The van der Waals surface area contributed by atoms with Gasteiger partial charge in [-0.2, -0.15) is 8.42 Å². The van der Waals surface area contributed by atoms with Crippen LogP contribution in [0.25, 0.3) is 0 Å². The topological polar surface area (TPSA) is 43.4 Å². The van der Waals surface area contributed by atoms with Crippen LogP contribution in [0, 0.1) is 5.82 Å². The van der Waals surface area contributed by atoms with Crippen LogP contribution in [0.3, 0.4) is 0 Å². The fourth-order valence-corrected chi connectivity index (χ4v) is 0.969. The molecule has 0 atom stereocenters. The van der Waals surface area contributed by atoms with Gasteiger partial charge in [0.15, 0.2) is 11.6 Å². The van der Waals surface area contributed by atoms with Crippen molar-refractivity contribution in [2.45, 2.75) is 0 Å². The van der Waals surface area contributed by atoms with E-state index < -0.39 is 22.1 Å². The summed E-state index contributed by atoms with van der Waals surface area (Å²) in [6.45, 7) is 0. The molecule has 66 valence electrons. The highest BCUT2D eigenvalue weighted by Crippen LogP contribution is 2.17. The Hall–Kier alpha value is -1.17. The van der Waals surface area contributed by atoms with Crippen LogP contribution in [0.5, 0.6) is 5.75 Å². The van der Waals surface area contributed by atoms with Crippen molar-refractivity contribution in [3.05, 3.63) is 30.1 Å². The molecule has 0 heterocycles. The molecule has 0 aliphatic carbocycles. The minimum absolute atomic E-state index is 0.653. The van der Waals surface area contributed by atoms with Crippen molar-refractivity contribution in [2.75, 3.05) is 0 Å². The first-order valence-electron chi connectivity index (χ1n) is 2.87. The molecule has 0 radical (unpaired) electrons. The van der Waals surface area contributed by atoms with Crippen LogP contribution in [0.2, 0.25) is 0 Å². The molecule has 1 rings (SSSR count). The van der Waals surface area contributed by atoms with Crippen molar-refractivity contribution in [1.82, 2.24) is 0 Å². The Labute approximate surface area is 68.0 Å². The summed E-state index contributed by atoms with van der Waals surface area (Å²) in [7, 11) is -5.14. The molecule has 0 N–H and O–H groups in total. The lowest BCUT2D eigenvalue weighted by atomic mass is 10.3. The molecule has 0 aliphatic heterocycles. The lowest BCUT2D eigenvalue weighted by Crippen LogP contribution is -2.02. The highest BCUT2D eigenvalue weighted by Gasteiger charge is 2.12. The van der Waals surface area contributed by atoms with Gasteiger partial charge in [0.25, 0.3) is 0 Å². The Morgan fingerprint density at radius 2 is 1.83 bits per heavy atom. The summed E-state index contributed by atoms with van der Waals surface area (Å²) < 4.78 is 47.9. The van der Waals surface area contributed by atoms with Crippen LogP contribution in [0.15, 0.2) is 24.3 Å². The first-order chi connectivity index (χ1) is 5.49. The maximum absolute atomic E-state index is 12.6. The van der Waals surface area contributed by atoms with Gasteiger partial charge >= 0.3 is 10.5 Å². The fourth-order valence-electron chi connectivity index (χ4n) is 0.620. The standard InChI is InChI=1S/C6H4F2O3S/c7-5-3-1-2-4-6(5)11-12(8,9)10/h1-4H. The summed E-state index contributed by atoms with van der Waals surface area (Å²) in [4.78, 5) is 0. The summed E-state index contributed by atoms with van der Waals surface area (Å²) in [5.41, 5.74) is 0. The lowest BCUT2D eigenvalue weighted by molar-refractivity contribution is 0.423. The summed E-state index contributed by atoms with van der Waals surface area (Å²) in [5, 5.41) is 0. The van der Waals surface area contributed by atoms with Gasteiger partial charge in [-0.25, -0.2) is 4.39 Å². The van der Waals surface area contributed by atoms with Crippen LogP contribution in [0.1, 0.15) is 0 Å². The fraction of sp³-hybridized carbons (Fsp3) is 0. The minimum Gasteiger partial charge on any atom is -0.355 e. The molecule has 0 saturated heterocycles. The molecule has 0 aromatic heterocycles. The number of hydrogen-bond acceptors (Lipinski definition) is 3. The molecule has 0 unspecified atom stereocenters. The molecule has 1 aromatic carbocycles. The predicted molar refractivity (Wildman–Crippen MR) is 37.1 cm³/mol. The Bertz CT molecular complexity index is 374. The van der Waals surface area contributed by atoms with Crippen molar-refractivity contribution in [1.29, 1.82) is 0 Å². The number of halogens is 2. The molecule has 0 amide bonds. The molecular formula is C6H4F2O3S. The molecule has 0 fully saturated rings. The van der Waals surface area contributed by atoms with Crippen LogP contribution in [0.4, 0.5) is 8.28 Å². The molecule has 6 heteroatoms. The highest BCUT2D eigenvalue weighted by molar-refractivity contribution is 7.81. The van der Waals surface area contributed by atoms with Gasteiger partial charge in [0.2, 0.25) is 0 Å². The molecule has 12 heavy (non-hydrogen) atoms. The summed E-state index contributed by atoms with van der Waals surface area (Å²) >= 11 is 0. The third-order valence-corrected chi connectivity index (χ3v) is 1.40. The van der Waals surface area contributed by atoms with Crippen LogP contribution in [-0.4, -0.2) is 8.42 Å². The Morgan fingerprint density at radius 1 is 1.25 bits per heavy atom. The predicted octanol–water partition coefficient (Wildman–Crippen LogP) is 1.42. The van der Waals surface area contributed by atoms with Gasteiger partial charge in [0, 0.05) is 0 Å². The van der Waals surface area contributed by atoms with Crippen molar-refractivity contribution >= 4 is 10.5 Å². The first-order valence-corrected chi connectivity index (χ1v) is 4.18. The maximum Gasteiger partial charge on any atom is 0.488 e. The van der Waals surface area contributed by atoms with Crippen molar-refractivity contribution in [3.8, 4) is 5.75 Å². The SMILES string of the molecule is O=S(=O)(F)Oc1ccccc1F. The zero-order valence-corrected chi connectivity index (χ0v) is 6.51. The van der Waals surface area contributed by atoms with Crippen molar-refractivity contribution in [3.63, 3.8) is 0 Å². The normalized spacial score (nSPS) is 11.2. The van der Waals surface area contributed by atoms with Gasteiger partial charge in [-0.15, -0.1) is 0 Å². The smallest absolute Gasteiger partial charge is 0.355 e. The van der Waals surface area contributed by atoms with Crippen LogP contribution in [-0.2, 0) is 10.5 Å². The second kappa shape index (κ2) is 3.06. The Kier molecular flexibility index (Phi) is 2.27. The van der Waals surface area contributed by atoms with E-state index in [2.05, 4.69) is 4.18 Å². The second-order valence-electron chi connectivity index (χ2n) is 1.91. The highest BCUT2D eigenvalue weighted by atomic mass is 32.3. The zero-order chi connectivity index (χ0) is 9.19. The average Bonchev–Trinajstić information content (AvgIpc) is 1.91. The number of rotatable bonds is 2. The maximum atomic E-state index is 12.6. The zero-order valence-electron chi connectivity index (χ0n) is 5.70. The van der Waals surface area contributed by atoms with E-state index in [1.54, 1.807) is 0 Å². The van der Waals surface area contributed by atoms with E-state index in [0.29, 0.717) is 0 Å². The quantitative estimate of drug-likeness (QED) is 0.668. The van der Waals surface area contributed by atoms with E-state index in [4.69, 9.17) is 0 Å². The van der Waals surface area contributed by atoms with Gasteiger partial charge in [-0.3, -0.25) is 0 Å². The summed E-state index contributed by atoms with van der Waals surface area (Å²) in [5.74, 6) is -1.58. The molecular weight excluding hydrogens is 190 g/mol. The minimum atomic E-state index is -5.14. The van der Waals surface area contributed by atoms with Crippen LogP contribution < -0.4 is 4.18 Å². The van der Waals surface area contributed by atoms with E-state index in [0.717, 1.165) is 12.1 Å². The molecule has 0 bridgehead atoms. The van der Waals surface area contributed by atoms with Crippen molar-refractivity contribution < 1.29 is 20.9 Å². The molecule has 0 aliphatic rings. The summed E-state index contributed by atoms with van der Waals surface area (Å²) in [6, 6.07) is 4.61. The Balaban J connectivity index is 2.98. The summed E-state index contributed by atoms with van der Waals surface area (Å²) in [6.07, 6.45) is 0. The van der Waals surface area contributed by atoms with E-state index in [-0.39, 0.29) is 0 Å². The van der Waals surface area contributed by atoms with Gasteiger partial charge in [-0.05, 0) is 12.1 Å². The Morgan fingerprint density at radius 3 is 2.33 bits per heavy atom. The van der Waals surface area contributed by atoms with Gasteiger partial charge in [0.05, 0.1) is 0 Å². The molecule has 1 aromatic rings. The van der Waals surface area contributed by atoms with E-state index in [9.17, 15) is 16.7 Å². The number of hydrogen-bond donors (Lipinski definition) is 0.